The van der Waals surface area contributed by atoms with E-state index in [9.17, 15) is 4.39 Å². The molecule has 1 heterocycles. The molecule has 0 saturated heterocycles. The van der Waals surface area contributed by atoms with E-state index in [4.69, 9.17) is 11.6 Å². The first-order chi connectivity index (χ1) is 9.02. The summed E-state index contributed by atoms with van der Waals surface area (Å²) in [4.78, 5) is 7.55. The Labute approximate surface area is 122 Å². The molecule has 0 spiro atoms. The van der Waals surface area contributed by atoms with Crippen LogP contribution in [0.3, 0.4) is 0 Å². The van der Waals surface area contributed by atoms with Gasteiger partial charge in [-0.1, -0.05) is 13.3 Å². The highest BCUT2D eigenvalue weighted by molar-refractivity contribution is 7.98. The second-order valence-corrected chi connectivity index (χ2v) is 6.72. The van der Waals surface area contributed by atoms with Crippen LogP contribution in [0.2, 0.25) is 5.28 Å². The van der Waals surface area contributed by atoms with Crippen molar-refractivity contribution in [3.8, 4) is 0 Å². The van der Waals surface area contributed by atoms with E-state index < -0.39 is 5.82 Å². The lowest BCUT2D eigenvalue weighted by Crippen LogP contribution is -2.35. The molecule has 3 nitrogen and oxygen atoms in total. The number of hydrogen-bond acceptors (Lipinski definition) is 4. The summed E-state index contributed by atoms with van der Waals surface area (Å²) in [5.74, 6) is 0.915. The maximum Gasteiger partial charge on any atom is 0.224 e. The van der Waals surface area contributed by atoms with E-state index >= 15 is 0 Å². The standard InChI is InChI=1S/C13H19ClFN3S/c1-13(8-19-2)5-3-4-9(6-13)17-11-10(15)7-16-12(14)18-11/h7,9H,3-6,8H2,1-2H3,(H,16,17,18)/t9?,13-/m0/s1. The molecule has 0 aromatic carbocycles. The number of rotatable bonds is 4. The van der Waals surface area contributed by atoms with Crippen LogP contribution in [-0.4, -0.2) is 28.0 Å². The summed E-state index contributed by atoms with van der Waals surface area (Å²) in [6.07, 6.45) is 7.72. The molecule has 0 amide bonds. The summed E-state index contributed by atoms with van der Waals surface area (Å²) in [7, 11) is 0. The van der Waals surface area contributed by atoms with Gasteiger partial charge in [-0.25, -0.2) is 9.37 Å². The molecule has 1 fully saturated rings. The Morgan fingerprint density at radius 2 is 2.42 bits per heavy atom. The van der Waals surface area contributed by atoms with E-state index in [0.717, 1.165) is 31.2 Å². The minimum atomic E-state index is -0.443. The summed E-state index contributed by atoms with van der Waals surface area (Å²) < 4.78 is 13.6. The minimum Gasteiger partial charge on any atom is -0.365 e. The topological polar surface area (TPSA) is 37.8 Å². The van der Waals surface area contributed by atoms with Gasteiger partial charge in [0.15, 0.2) is 11.6 Å². The van der Waals surface area contributed by atoms with Crippen LogP contribution in [0.5, 0.6) is 0 Å². The molecule has 1 aromatic heterocycles. The highest BCUT2D eigenvalue weighted by Crippen LogP contribution is 2.39. The van der Waals surface area contributed by atoms with Crippen LogP contribution in [0.1, 0.15) is 32.6 Å². The number of nitrogens with zero attached hydrogens (tertiary/aromatic N) is 2. The molecule has 1 unspecified atom stereocenters. The average molecular weight is 304 g/mol. The summed E-state index contributed by atoms with van der Waals surface area (Å²) in [5.41, 5.74) is 0.322. The summed E-state index contributed by atoms with van der Waals surface area (Å²) >= 11 is 7.58. The third-order valence-electron chi connectivity index (χ3n) is 3.62. The van der Waals surface area contributed by atoms with Gasteiger partial charge in [0.05, 0.1) is 6.20 Å². The Balaban J connectivity index is 2.04. The van der Waals surface area contributed by atoms with E-state index in [0.29, 0.717) is 5.41 Å². The third kappa shape index (κ3) is 3.96. The fourth-order valence-electron chi connectivity index (χ4n) is 2.82. The van der Waals surface area contributed by atoms with Crippen molar-refractivity contribution < 1.29 is 4.39 Å². The van der Waals surface area contributed by atoms with Gasteiger partial charge in [-0.2, -0.15) is 16.7 Å². The zero-order valence-electron chi connectivity index (χ0n) is 11.2. The number of halogens is 2. The second-order valence-electron chi connectivity index (χ2n) is 5.52. The van der Waals surface area contributed by atoms with Gasteiger partial charge in [0.1, 0.15) is 0 Å². The third-order valence-corrected chi connectivity index (χ3v) is 4.79. The van der Waals surface area contributed by atoms with E-state index in [2.05, 4.69) is 28.5 Å². The molecule has 106 valence electrons. The van der Waals surface area contributed by atoms with Crippen LogP contribution in [0.25, 0.3) is 0 Å². The molecule has 1 aliphatic carbocycles. The first kappa shape index (κ1) is 14.9. The van der Waals surface area contributed by atoms with Crippen LogP contribution >= 0.6 is 23.4 Å². The second kappa shape index (κ2) is 6.27. The van der Waals surface area contributed by atoms with Crippen molar-refractivity contribution in [2.24, 2.45) is 5.41 Å². The van der Waals surface area contributed by atoms with Crippen molar-refractivity contribution in [3.05, 3.63) is 17.3 Å². The molecule has 0 radical (unpaired) electrons. The molecule has 0 aliphatic heterocycles. The Morgan fingerprint density at radius 1 is 1.63 bits per heavy atom. The van der Waals surface area contributed by atoms with Crippen molar-refractivity contribution in [3.63, 3.8) is 0 Å². The molecule has 1 saturated carbocycles. The number of thioether (sulfide) groups is 1. The molecule has 6 heteroatoms. The van der Waals surface area contributed by atoms with Gasteiger partial charge in [0.25, 0.3) is 0 Å². The zero-order valence-corrected chi connectivity index (χ0v) is 12.8. The predicted molar refractivity (Wildman–Crippen MR) is 79.4 cm³/mol. The van der Waals surface area contributed by atoms with Gasteiger partial charge in [-0.3, -0.25) is 0 Å². The normalized spacial score (nSPS) is 27.3. The number of nitrogens with one attached hydrogen (secondary N) is 1. The maximum atomic E-state index is 13.6. The van der Waals surface area contributed by atoms with E-state index in [1.165, 1.54) is 6.42 Å². The van der Waals surface area contributed by atoms with Crippen molar-refractivity contribution in [1.29, 1.82) is 0 Å². The lowest BCUT2D eigenvalue weighted by atomic mass is 9.75. The average Bonchev–Trinajstić information content (AvgIpc) is 2.34. The lowest BCUT2D eigenvalue weighted by molar-refractivity contribution is 0.235. The molecule has 1 aromatic rings. The molecular weight excluding hydrogens is 285 g/mol. The monoisotopic (exact) mass is 303 g/mol. The minimum absolute atomic E-state index is 0.0755. The highest BCUT2D eigenvalue weighted by Gasteiger charge is 2.32. The van der Waals surface area contributed by atoms with E-state index in [-0.39, 0.29) is 17.1 Å². The largest absolute Gasteiger partial charge is 0.365 e. The lowest BCUT2D eigenvalue weighted by Gasteiger charge is -2.38. The number of aromatic nitrogens is 2. The highest BCUT2D eigenvalue weighted by atomic mass is 35.5. The molecule has 1 aliphatic rings. The number of hydrogen-bond donors (Lipinski definition) is 1. The van der Waals surface area contributed by atoms with Gasteiger partial charge >= 0.3 is 0 Å². The van der Waals surface area contributed by atoms with Crippen molar-refractivity contribution >= 4 is 29.2 Å². The van der Waals surface area contributed by atoms with E-state index in [1.54, 1.807) is 0 Å². The van der Waals surface area contributed by atoms with Gasteiger partial charge in [-0.15, -0.1) is 0 Å². The van der Waals surface area contributed by atoms with Crippen LogP contribution < -0.4 is 5.32 Å². The number of anilines is 1. The van der Waals surface area contributed by atoms with Crippen molar-refractivity contribution in [2.75, 3.05) is 17.3 Å². The van der Waals surface area contributed by atoms with Crippen LogP contribution in [-0.2, 0) is 0 Å². The molecule has 0 bridgehead atoms. The summed E-state index contributed by atoms with van der Waals surface area (Å²) in [6, 6.07) is 0.256. The Kier molecular flexibility index (Phi) is 4.90. The summed E-state index contributed by atoms with van der Waals surface area (Å²) in [6.45, 7) is 2.31. The van der Waals surface area contributed by atoms with E-state index in [1.807, 2.05) is 11.8 Å². The van der Waals surface area contributed by atoms with Gasteiger partial charge in [-0.05, 0) is 48.3 Å². The molecule has 19 heavy (non-hydrogen) atoms. The molecule has 1 N–H and O–H groups in total. The quantitative estimate of drug-likeness (QED) is 0.853. The molecule has 2 atom stereocenters. The zero-order chi connectivity index (χ0) is 13.9. The fourth-order valence-corrected chi connectivity index (χ4v) is 3.91. The van der Waals surface area contributed by atoms with Gasteiger partial charge < -0.3 is 5.32 Å². The van der Waals surface area contributed by atoms with Crippen molar-refractivity contribution in [2.45, 2.75) is 38.6 Å². The maximum absolute atomic E-state index is 13.6. The molecule has 2 rings (SSSR count). The summed E-state index contributed by atoms with van der Waals surface area (Å²) in [5, 5.41) is 3.26. The van der Waals surface area contributed by atoms with Gasteiger partial charge in [0, 0.05) is 6.04 Å². The van der Waals surface area contributed by atoms with Gasteiger partial charge in [0.2, 0.25) is 5.28 Å². The fraction of sp³-hybridized carbons (Fsp3) is 0.692. The first-order valence-corrected chi connectivity index (χ1v) is 8.23. The smallest absolute Gasteiger partial charge is 0.224 e. The Hall–Kier alpha value is -0.550. The first-order valence-electron chi connectivity index (χ1n) is 6.46. The molecular formula is C13H19ClFN3S. The van der Waals surface area contributed by atoms with Crippen molar-refractivity contribution in [1.82, 2.24) is 9.97 Å². The Bertz CT molecular complexity index is 442. The van der Waals surface area contributed by atoms with Crippen LogP contribution in [0.4, 0.5) is 10.2 Å². The van der Waals surface area contributed by atoms with Crippen LogP contribution in [0.15, 0.2) is 6.20 Å². The predicted octanol–water partition coefficient (Wildman–Crippen LogP) is 3.99. The Morgan fingerprint density at radius 3 is 3.16 bits per heavy atom. The SMILES string of the molecule is CSC[C@@]1(C)CCCC(Nc2nc(Cl)ncc2F)C1. The van der Waals surface area contributed by atoms with Crippen LogP contribution in [0, 0.1) is 11.2 Å².